The zero-order valence-electron chi connectivity index (χ0n) is 21.4. The van der Waals surface area contributed by atoms with Crippen LogP contribution < -0.4 is 10.2 Å². The smallest absolute Gasteiger partial charge is 0.223 e. The van der Waals surface area contributed by atoms with E-state index in [0.717, 1.165) is 62.3 Å². The Hall–Kier alpha value is -3.60. The predicted molar refractivity (Wildman–Crippen MR) is 147 cm³/mol. The maximum atomic E-state index is 13.0. The van der Waals surface area contributed by atoms with E-state index < -0.39 is 0 Å². The number of carbonyl (C=O) groups excluding carboxylic acids is 1. The lowest BCUT2D eigenvalue weighted by Crippen LogP contribution is -2.43. The van der Waals surface area contributed by atoms with E-state index >= 15 is 0 Å². The molecule has 36 heavy (non-hydrogen) atoms. The van der Waals surface area contributed by atoms with Crippen molar-refractivity contribution in [2.24, 2.45) is 5.92 Å². The molecule has 1 aliphatic rings. The summed E-state index contributed by atoms with van der Waals surface area (Å²) in [6.07, 6.45) is 3.64. The number of amides is 1. The summed E-state index contributed by atoms with van der Waals surface area (Å²) in [5.74, 6) is 1.27. The molecule has 1 fully saturated rings. The molecule has 1 aliphatic heterocycles. The number of hydrogen-bond acceptors (Lipinski definition) is 3. The van der Waals surface area contributed by atoms with Crippen molar-refractivity contribution in [1.82, 2.24) is 14.9 Å². The lowest BCUT2D eigenvalue weighted by molar-refractivity contribution is -0.126. The Labute approximate surface area is 214 Å². The summed E-state index contributed by atoms with van der Waals surface area (Å²) >= 11 is 0. The normalized spacial score (nSPS) is 15.2. The first-order valence-electron chi connectivity index (χ1n) is 13.2. The van der Waals surface area contributed by atoms with E-state index in [1.165, 1.54) is 16.7 Å². The average molecular weight is 481 g/mol. The molecule has 0 unspecified atom stereocenters. The summed E-state index contributed by atoms with van der Waals surface area (Å²) < 4.78 is 2.33. The number of piperidine rings is 1. The number of nitrogens with zero attached hydrogens (tertiary/aromatic N) is 3. The Kier molecular flexibility index (Phi) is 7.36. The third kappa shape index (κ3) is 5.62. The van der Waals surface area contributed by atoms with Gasteiger partial charge in [-0.2, -0.15) is 0 Å². The van der Waals surface area contributed by atoms with Crippen LogP contribution in [0.25, 0.3) is 11.0 Å². The molecule has 0 spiro atoms. The van der Waals surface area contributed by atoms with Gasteiger partial charge in [0.25, 0.3) is 0 Å². The van der Waals surface area contributed by atoms with Crippen molar-refractivity contribution in [2.75, 3.05) is 18.0 Å². The molecule has 1 atom stereocenters. The van der Waals surface area contributed by atoms with Crippen LogP contribution in [0.15, 0.2) is 78.9 Å². The Balaban J connectivity index is 1.22. The van der Waals surface area contributed by atoms with Crippen LogP contribution in [0.3, 0.4) is 0 Å². The first-order valence-corrected chi connectivity index (χ1v) is 13.2. The minimum Gasteiger partial charge on any atom is -0.353 e. The molecule has 0 saturated carbocycles. The molecule has 0 aliphatic carbocycles. The zero-order valence-corrected chi connectivity index (χ0v) is 21.4. The minimum absolute atomic E-state index is 0.0648. The number of fused-ring (bicyclic) bond motifs is 1. The van der Waals surface area contributed by atoms with Crippen molar-refractivity contribution in [3.63, 3.8) is 0 Å². The van der Waals surface area contributed by atoms with Gasteiger partial charge in [0, 0.05) is 25.0 Å². The zero-order chi connectivity index (χ0) is 24.9. The second-order valence-electron chi connectivity index (χ2n) is 10.2. The molecule has 1 aromatic heterocycles. The SMILES string of the molecule is Cc1cccc(Cn2c(N3CCC(C(=O)N[C@@H](C)CCc4ccccc4)CC3)nc3ccccc32)c1. The number of anilines is 1. The molecule has 186 valence electrons. The summed E-state index contributed by atoms with van der Waals surface area (Å²) in [5.41, 5.74) is 6.04. The van der Waals surface area contributed by atoms with Crippen LogP contribution in [0.2, 0.25) is 0 Å². The molecule has 5 rings (SSSR count). The summed E-state index contributed by atoms with van der Waals surface area (Å²) in [5, 5.41) is 3.27. The molecule has 1 amide bonds. The Morgan fingerprint density at radius 2 is 1.69 bits per heavy atom. The quantitative estimate of drug-likeness (QED) is 0.350. The molecule has 0 bridgehead atoms. The van der Waals surface area contributed by atoms with E-state index in [2.05, 4.69) is 95.4 Å². The van der Waals surface area contributed by atoms with Gasteiger partial charge in [-0.15, -0.1) is 0 Å². The highest BCUT2D eigenvalue weighted by Crippen LogP contribution is 2.28. The van der Waals surface area contributed by atoms with Crippen molar-refractivity contribution < 1.29 is 4.79 Å². The van der Waals surface area contributed by atoms with Gasteiger partial charge < -0.3 is 14.8 Å². The molecule has 1 saturated heterocycles. The monoisotopic (exact) mass is 480 g/mol. The summed E-state index contributed by atoms with van der Waals surface area (Å²) in [6.45, 7) is 6.72. The second kappa shape index (κ2) is 11.0. The highest BCUT2D eigenvalue weighted by molar-refractivity contribution is 5.80. The van der Waals surface area contributed by atoms with E-state index in [1.54, 1.807) is 0 Å². The molecule has 2 heterocycles. The fourth-order valence-electron chi connectivity index (χ4n) is 5.26. The maximum absolute atomic E-state index is 13.0. The maximum Gasteiger partial charge on any atom is 0.223 e. The van der Waals surface area contributed by atoms with Crippen molar-refractivity contribution in [1.29, 1.82) is 0 Å². The van der Waals surface area contributed by atoms with Gasteiger partial charge >= 0.3 is 0 Å². The molecule has 0 radical (unpaired) electrons. The third-order valence-corrected chi connectivity index (χ3v) is 7.30. The molecule has 4 aromatic rings. The fraction of sp³-hybridized carbons (Fsp3) is 0.355. The number of para-hydroxylation sites is 2. The lowest BCUT2D eigenvalue weighted by atomic mass is 9.95. The van der Waals surface area contributed by atoms with Gasteiger partial charge in [0.05, 0.1) is 17.6 Å². The first kappa shape index (κ1) is 24.1. The standard InChI is InChI=1S/C31H36N4O/c1-23-9-8-12-26(21-23)22-35-29-14-7-6-13-28(29)33-31(35)34-19-17-27(18-20-34)30(36)32-24(2)15-16-25-10-4-3-5-11-25/h3-14,21,24,27H,15-20,22H2,1-2H3,(H,32,36)/t24-/m0/s1. The molecule has 3 aromatic carbocycles. The number of hydrogen-bond donors (Lipinski definition) is 1. The Morgan fingerprint density at radius 1 is 0.972 bits per heavy atom. The van der Waals surface area contributed by atoms with Crippen molar-refractivity contribution in [3.05, 3.63) is 95.6 Å². The van der Waals surface area contributed by atoms with Crippen LogP contribution in [0.4, 0.5) is 5.95 Å². The van der Waals surface area contributed by atoms with Crippen molar-refractivity contribution >= 4 is 22.9 Å². The van der Waals surface area contributed by atoms with Crippen LogP contribution >= 0.6 is 0 Å². The third-order valence-electron chi connectivity index (χ3n) is 7.30. The number of nitrogens with one attached hydrogen (secondary N) is 1. The summed E-state index contributed by atoms with van der Waals surface area (Å²) in [7, 11) is 0. The number of benzene rings is 3. The highest BCUT2D eigenvalue weighted by Gasteiger charge is 2.28. The fourth-order valence-corrected chi connectivity index (χ4v) is 5.26. The number of aromatic nitrogens is 2. The Bertz CT molecular complexity index is 1300. The highest BCUT2D eigenvalue weighted by atomic mass is 16.1. The number of carbonyl (C=O) groups is 1. The number of aryl methyl sites for hydroxylation is 2. The van der Waals surface area contributed by atoms with Gasteiger partial charge in [0.2, 0.25) is 11.9 Å². The minimum atomic E-state index is 0.0648. The van der Waals surface area contributed by atoms with Gasteiger partial charge in [-0.1, -0.05) is 72.3 Å². The van der Waals surface area contributed by atoms with Crippen LogP contribution in [0.1, 0.15) is 42.9 Å². The van der Waals surface area contributed by atoms with Crippen molar-refractivity contribution in [3.8, 4) is 0 Å². The number of rotatable bonds is 8. The van der Waals surface area contributed by atoms with E-state index in [-0.39, 0.29) is 17.9 Å². The average Bonchev–Trinajstić information content (AvgIpc) is 3.26. The summed E-state index contributed by atoms with van der Waals surface area (Å²) in [4.78, 5) is 20.4. The first-order chi connectivity index (χ1) is 17.6. The molecule has 5 heteroatoms. The van der Waals surface area contributed by atoms with Gasteiger partial charge in [-0.05, 0) is 62.8 Å². The van der Waals surface area contributed by atoms with Crippen molar-refractivity contribution in [2.45, 2.75) is 52.1 Å². The van der Waals surface area contributed by atoms with Gasteiger partial charge in [0.1, 0.15) is 0 Å². The van der Waals surface area contributed by atoms with E-state index in [0.29, 0.717) is 0 Å². The van der Waals surface area contributed by atoms with E-state index in [4.69, 9.17) is 4.98 Å². The van der Waals surface area contributed by atoms with Crippen LogP contribution in [-0.4, -0.2) is 34.6 Å². The lowest BCUT2D eigenvalue weighted by Gasteiger charge is -2.33. The van der Waals surface area contributed by atoms with E-state index in [1.807, 2.05) is 12.1 Å². The van der Waals surface area contributed by atoms with Crippen LogP contribution in [0.5, 0.6) is 0 Å². The van der Waals surface area contributed by atoms with Crippen LogP contribution in [-0.2, 0) is 17.8 Å². The van der Waals surface area contributed by atoms with Gasteiger partial charge in [-0.3, -0.25) is 4.79 Å². The molecule has 1 N–H and O–H groups in total. The van der Waals surface area contributed by atoms with Crippen LogP contribution in [0, 0.1) is 12.8 Å². The number of imidazole rings is 1. The predicted octanol–water partition coefficient (Wildman–Crippen LogP) is 5.75. The van der Waals surface area contributed by atoms with Gasteiger partial charge in [-0.25, -0.2) is 4.98 Å². The summed E-state index contributed by atoms with van der Waals surface area (Å²) in [6, 6.07) is 27.7. The molecular formula is C31H36N4O. The molecule has 5 nitrogen and oxygen atoms in total. The molecular weight excluding hydrogens is 444 g/mol. The van der Waals surface area contributed by atoms with E-state index in [9.17, 15) is 4.79 Å². The van der Waals surface area contributed by atoms with Gasteiger partial charge in [0.15, 0.2) is 0 Å². The second-order valence-corrected chi connectivity index (χ2v) is 10.2. The largest absolute Gasteiger partial charge is 0.353 e. The topological polar surface area (TPSA) is 50.2 Å². The Morgan fingerprint density at radius 3 is 2.47 bits per heavy atom.